The number of aryl methyl sites for hydroxylation is 1. The summed E-state index contributed by atoms with van der Waals surface area (Å²) in [5.74, 6) is -0.828. The molecule has 0 saturated carbocycles. The van der Waals surface area contributed by atoms with E-state index in [-0.39, 0.29) is 5.75 Å². The van der Waals surface area contributed by atoms with Gasteiger partial charge in [-0.2, -0.15) is 0 Å². The highest BCUT2D eigenvalue weighted by Gasteiger charge is 2.14. The molecule has 1 aromatic heterocycles. The van der Waals surface area contributed by atoms with Crippen molar-refractivity contribution in [3.8, 4) is 0 Å². The average Bonchev–Trinajstić information content (AvgIpc) is 2.81. The lowest BCUT2D eigenvalue weighted by Gasteiger charge is -2.08. The number of aromatic nitrogens is 2. The molecule has 0 aliphatic carbocycles. The summed E-state index contributed by atoms with van der Waals surface area (Å²) < 4.78 is 2.09. The number of halogens is 1. The van der Waals surface area contributed by atoms with E-state index in [4.69, 9.17) is 16.7 Å². The lowest BCUT2D eigenvalue weighted by atomic mass is 10.2. The molecule has 4 nitrogen and oxygen atoms in total. The van der Waals surface area contributed by atoms with Crippen molar-refractivity contribution in [1.29, 1.82) is 0 Å². The summed E-state index contributed by atoms with van der Waals surface area (Å²) in [5, 5.41) is 10.2. The van der Waals surface area contributed by atoms with Gasteiger partial charge in [0.05, 0.1) is 16.3 Å². The van der Waals surface area contributed by atoms with Gasteiger partial charge >= 0.3 is 5.97 Å². The van der Waals surface area contributed by atoms with E-state index in [1.165, 1.54) is 31.0 Å². The molecule has 1 heterocycles. The van der Waals surface area contributed by atoms with Crippen molar-refractivity contribution >= 4 is 40.4 Å². The van der Waals surface area contributed by atoms with E-state index < -0.39 is 5.97 Å². The van der Waals surface area contributed by atoms with Crippen LogP contribution in [-0.2, 0) is 11.3 Å². The molecule has 0 unspecified atom stereocenters. The largest absolute Gasteiger partial charge is 0.481 e. The van der Waals surface area contributed by atoms with Crippen LogP contribution < -0.4 is 0 Å². The molecule has 0 amide bonds. The second-order valence-corrected chi connectivity index (χ2v) is 6.25. The Morgan fingerprint density at radius 2 is 2.19 bits per heavy atom. The van der Waals surface area contributed by atoms with Gasteiger partial charge in [-0.15, -0.1) is 0 Å². The summed E-state index contributed by atoms with van der Waals surface area (Å²) in [5.41, 5.74) is 1.73. The SMILES string of the molecule is CCCCCCn1c(SCC(=O)O)nc2c(Cl)cccc21. The Kier molecular flexibility index (Phi) is 5.94. The van der Waals surface area contributed by atoms with Crippen molar-refractivity contribution in [2.75, 3.05) is 5.75 Å². The molecule has 0 spiro atoms. The highest BCUT2D eigenvalue weighted by molar-refractivity contribution is 7.99. The number of carbonyl (C=O) groups is 1. The smallest absolute Gasteiger partial charge is 0.313 e. The fourth-order valence-electron chi connectivity index (χ4n) is 2.24. The van der Waals surface area contributed by atoms with Crippen LogP contribution in [0.5, 0.6) is 0 Å². The zero-order valence-corrected chi connectivity index (χ0v) is 13.6. The fourth-order valence-corrected chi connectivity index (χ4v) is 3.21. The first kappa shape index (κ1) is 16.2. The number of benzene rings is 1. The van der Waals surface area contributed by atoms with Gasteiger partial charge in [-0.05, 0) is 18.6 Å². The van der Waals surface area contributed by atoms with Crippen molar-refractivity contribution in [2.45, 2.75) is 44.3 Å². The van der Waals surface area contributed by atoms with Crippen LogP contribution in [0.15, 0.2) is 23.4 Å². The van der Waals surface area contributed by atoms with Crippen LogP contribution in [0.25, 0.3) is 11.0 Å². The second kappa shape index (κ2) is 7.71. The highest BCUT2D eigenvalue weighted by atomic mass is 35.5. The number of rotatable bonds is 8. The number of aliphatic carboxylic acids is 1. The topological polar surface area (TPSA) is 55.1 Å². The van der Waals surface area contributed by atoms with Gasteiger partial charge in [0, 0.05) is 6.54 Å². The monoisotopic (exact) mass is 326 g/mol. The number of hydrogen-bond acceptors (Lipinski definition) is 3. The van der Waals surface area contributed by atoms with Gasteiger partial charge < -0.3 is 9.67 Å². The Hall–Kier alpha value is -1.20. The standard InChI is InChI=1S/C15H19ClN2O2S/c1-2-3-4-5-9-18-12-8-6-7-11(16)14(12)17-15(18)21-10-13(19)20/h6-8H,2-5,9-10H2,1H3,(H,19,20). The number of unbranched alkanes of at least 4 members (excludes halogenated alkanes) is 3. The minimum atomic E-state index is -0.837. The highest BCUT2D eigenvalue weighted by Crippen LogP contribution is 2.29. The third-order valence-corrected chi connectivity index (χ3v) is 4.52. The third kappa shape index (κ3) is 4.14. The van der Waals surface area contributed by atoms with E-state index in [9.17, 15) is 4.79 Å². The lowest BCUT2D eigenvalue weighted by molar-refractivity contribution is -0.133. The molecule has 0 fully saturated rings. The minimum Gasteiger partial charge on any atom is -0.481 e. The Morgan fingerprint density at radius 1 is 1.38 bits per heavy atom. The van der Waals surface area contributed by atoms with Crippen LogP contribution in [0.2, 0.25) is 5.02 Å². The molecule has 1 aromatic carbocycles. The van der Waals surface area contributed by atoms with Gasteiger partial charge in [0.25, 0.3) is 0 Å². The molecule has 0 aliphatic heterocycles. The van der Waals surface area contributed by atoms with E-state index >= 15 is 0 Å². The predicted molar refractivity (Wildman–Crippen MR) is 87.2 cm³/mol. The third-order valence-electron chi connectivity index (χ3n) is 3.25. The Morgan fingerprint density at radius 3 is 2.90 bits per heavy atom. The summed E-state index contributed by atoms with van der Waals surface area (Å²) in [6.07, 6.45) is 4.63. The number of fused-ring (bicyclic) bond motifs is 1. The van der Waals surface area contributed by atoms with Crippen molar-refractivity contribution in [3.05, 3.63) is 23.2 Å². The van der Waals surface area contributed by atoms with Crippen LogP contribution in [0.1, 0.15) is 32.6 Å². The molecule has 0 saturated heterocycles. The molecule has 0 atom stereocenters. The van der Waals surface area contributed by atoms with E-state index in [1.54, 1.807) is 0 Å². The zero-order valence-electron chi connectivity index (χ0n) is 12.0. The number of para-hydroxylation sites is 1. The van der Waals surface area contributed by atoms with Crippen molar-refractivity contribution in [2.24, 2.45) is 0 Å². The van der Waals surface area contributed by atoms with Gasteiger partial charge in [0.2, 0.25) is 0 Å². The van der Waals surface area contributed by atoms with Crippen LogP contribution in [0.3, 0.4) is 0 Å². The molecule has 0 radical (unpaired) electrons. The normalized spacial score (nSPS) is 11.1. The van der Waals surface area contributed by atoms with Crippen LogP contribution in [0, 0.1) is 0 Å². The predicted octanol–water partition coefficient (Wildman–Crippen LogP) is 4.45. The zero-order chi connectivity index (χ0) is 15.2. The first-order valence-corrected chi connectivity index (χ1v) is 8.49. The average molecular weight is 327 g/mol. The molecule has 0 aliphatic rings. The molecule has 21 heavy (non-hydrogen) atoms. The molecule has 2 aromatic rings. The maximum Gasteiger partial charge on any atom is 0.313 e. The molecule has 6 heteroatoms. The lowest BCUT2D eigenvalue weighted by Crippen LogP contribution is -2.03. The summed E-state index contributed by atoms with van der Waals surface area (Å²) >= 11 is 7.43. The maximum atomic E-state index is 10.8. The molecular weight excluding hydrogens is 308 g/mol. The number of nitrogens with zero attached hydrogens (tertiary/aromatic N) is 2. The van der Waals surface area contributed by atoms with Gasteiger partial charge in [-0.3, -0.25) is 4.79 Å². The summed E-state index contributed by atoms with van der Waals surface area (Å²) in [6.45, 7) is 3.03. The summed E-state index contributed by atoms with van der Waals surface area (Å²) in [4.78, 5) is 15.3. The Labute approximate surface area is 133 Å². The van der Waals surface area contributed by atoms with Crippen molar-refractivity contribution < 1.29 is 9.90 Å². The Bertz CT molecular complexity index is 627. The molecule has 114 valence electrons. The molecule has 2 rings (SSSR count). The first-order valence-electron chi connectivity index (χ1n) is 7.12. The van der Waals surface area contributed by atoms with Gasteiger partial charge in [-0.1, -0.05) is 55.6 Å². The second-order valence-electron chi connectivity index (χ2n) is 4.90. The minimum absolute atomic E-state index is 0.00982. The van der Waals surface area contributed by atoms with E-state index in [2.05, 4.69) is 16.5 Å². The Balaban J connectivity index is 2.26. The van der Waals surface area contributed by atoms with Crippen LogP contribution in [0.4, 0.5) is 0 Å². The summed E-state index contributed by atoms with van der Waals surface area (Å²) in [7, 11) is 0. The van der Waals surface area contributed by atoms with Gasteiger partial charge in [0.15, 0.2) is 5.16 Å². The van der Waals surface area contributed by atoms with Gasteiger partial charge in [0.1, 0.15) is 5.52 Å². The van der Waals surface area contributed by atoms with Crippen LogP contribution in [-0.4, -0.2) is 26.4 Å². The number of thioether (sulfide) groups is 1. The quantitative estimate of drug-likeness (QED) is 0.575. The number of carboxylic acids is 1. The number of carboxylic acid groups (broad SMARTS) is 1. The fraction of sp³-hybridized carbons (Fsp3) is 0.467. The van der Waals surface area contributed by atoms with E-state index in [0.717, 1.165) is 29.2 Å². The van der Waals surface area contributed by atoms with Crippen LogP contribution >= 0.6 is 23.4 Å². The summed E-state index contributed by atoms with van der Waals surface area (Å²) in [6, 6.07) is 5.70. The molecular formula is C15H19ClN2O2S. The van der Waals surface area contributed by atoms with E-state index in [0.29, 0.717) is 5.02 Å². The molecule has 1 N–H and O–H groups in total. The van der Waals surface area contributed by atoms with Crippen molar-refractivity contribution in [1.82, 2.24) is 9.55 Å². The maximum absolute atomic E-state index is 10.8. The van der Waals surface area contributed by atoms with Gasteiger partial charge in [-0.25, -0.2) is 4.98 Å². The molecule has 0 bridgehead atoms. The first-order chi connectivity index (χ1) is 10.1. The number of imidazole rings is 1. The number of hydrogen-bond donors (Lipinski definition) is 1. The van der Waals surface area contributed by atoms with E-state index in [1.807, 2.05) is 18.2 Å². The van der Waals surface area contributed by atoms with Crippen molar-refractivity contribution in [3.63, 3.8) is 0 Å².